The van der Waals surface area contributed by atoms with Gasteiger partial charge in [0.05, 0.1) is 0 Å². The van der Waals surface area contributed by atoms with E-state index in [1.54, 1.807) is 0 Å². The second kappa shape index (κ2) is 10.3. The van der Waals surface area contributed by atoms with Crippen LogP contribution in [-0.2, 0) is 0 Å². The van der Waals surface area contributed by atoms with Crippen LogP contribution in [0.3, 0.4) is 0 Å². The predicted octanol–water partition coefficient (Wildman–Crippen LogP) is 8.45. The number of nitrogens with zero attached hydrogens (tertiary/aromatic N) is 1. The van der Waals surface area contributed by atoms with Gasteiger partial charge in [0.15, 0.2) is 0 Å². The van der Waals surface area contributed by atoms with Crippen LogP contribution in [0.15, 0.2) is 90.3 Å². The number of anilines is 1. The van der Waals surface area contributed by atoms with Crippen molar-refractivity contribution >= 4 is 5.69 Å². The van der Waals surface area contributed by atoms with Crippen LogP contribution in [0, 0.1) is 10.8 Å². The highest BCUT2D eigenvalue weighted by Gasteiger charge is 2.15. The van der Waals surface area contributed by atoms with E-state index in [0.29, 0.717) is 0 Å². The Morgan fingerprint density at radius 1 is 0.893 bits per heavy atom. The maximum Gasteiger partial charge on any atom is 0.0461 e. The minimum atomic E-state index is 0.110. The molecule has 1 aromatic rings. The van der Waals surface area contributed by atoms with Gasteiger partial charge in [-0.15, -0.1) is 0 Å². The number of rotatable bonds is 7. The lowest BCUT2D eigenvalue weighted by molar-refractivity contribution is 0.420. The molecule has 0 aromatic heterocycles. The highest BCUT2D eigenvalue weighted by molar-refractivity contribution is 5.62. The van der Waals surface area contributed by atoms with Crippen molar-refractivity contribution in [2.75, 3.05) is 4.90 Å². The minimum absolute atomic E-state index is 0.110. The summed E-state index contributed by atoms with van der Waals surface area (Å²) in [5.74, 6) is 0. The largest absolute Gasteiger partial charge is 0.311 e. The first-order valence-corrected chi connectivity index (χ1v) is 10.2. The average molecular weight is 378 g/mol. The Labute approximate surface area is 173 Å². The lowest BCUT2D eigenvalue weighted by Gasteiger charge is -2.27. The van der Waals surface area contributed by atoms with Crippen molar-refractivity contribution in [2.24, 2.45) is 10.8 Å². The van der Waals surface area contributed by atoms with Gasteiger partial charge in [-0.1, -0.05) is 90.6 Å². The Morgan fingerprint density at radius 3 is 1.96 bits per heavy atom. The standard InChI is InChI=1S/C27H39N/c1-10-23(27(7,8)9)20-19-22(3)28(25-16-13-12-14-17-25)24(11-2)18-15-21-26(4,5)6/h10-20H,3,21H2,1-2,4-9H3/b18-15-,20-19-,23-10+,24-11+. The van der Waals surface area contributed by atoms with Crippen LogP contribution in [0.1, 0.15) is 61.8 Å². The van der Waals surface area contributed by atoms with Gasteiger partial charge < -0.3 is 4.90 Å². The Balaban J connectivity index is 3.24. The van der Waals surface area contributed by atoms with Crippen LogP contribution in [-0.4, -0.2) is 0 Å². The molecule has 152 valence electrons. The molecule has 0 aliphatic rings. The van der Waals surface area contributed by atoms with Gasteiger partial charge >= 0.3 is 0 Å². The summed E-state index contributed by atoms with van der Waals surface area (Å²) < 4.78 is 0. The monoisotopic (exact) mass is 377 g/mol. The molecule has 0 spiro atoms. The summed E-state index contributed by atoms with van der Waals surface area (Å²) >= 11 is 0. The van der Waals surface area contributed by atoms with E-state index in [0.717, 1.165) is 23.5 Å². The number of hydrogen-bond donors (Lipinski definition) is 0. The maximum atomic E-state index is 4.38. The molecule has 1 heteroatoms. The molecule has 0 saturated carbocycles. The van der Waals surface area contributed by atoms with E-state index in [4.69, 9.17) is 0 Å². The smallest absolute Gasteiger partial charge is 0.0461 e. The van der Waals surface area contributed by atoms with Crippen molar-refractivity contribution in [1.29, 1.82) is 0 Å². The van der Waals surface area contributed by atoms with Crippen molar-refractivity contribution < 1.29 is 0 Å². The normalized spacial score (nSPS) is 14.1. The molecule has 1 rings (SSSR count). The lowest BCUT2D eigenvalue weighted by atomic mass is 9.86. The Hall–Kier alpha value is -2.28. The molecular formula is C27H39N. The molecule has 0 aliphatic heterocycles. The highest BCUT2D eigenvalue weighted by Crippen LogP contribution is 2.29. The van der Waals surface area contributed by atoms with E-state index >= 15 is 0 Å². The van der Waals surface area contributed by atoms with Crippen LogP contribution in [0.4, 0.5) is 5.69 Å². The molecule has 0 bridgehead atoms. The summed E-state index contributed by atoms with van der Waals surface area (Å²) in [7, 11) is 0. The first-order valence-electron chi connectivity index (χ1n) is 10.2. The SMILES string of the molecule is C=C(/C=C\C(=C/C)C(C)(C)C)N(C(/C=C\CC(C)(C)C)=C/C)c1ccccc1. The van der Waals surface area contributed by atoms with E-state index in [-0.39, 0.29) is 10.8 Å². The second-order valence-electron chi connectivity index (χ2n) is 9.37. The van der Waals surface area contributed by atoms with Gasteiger partial charge in [0, 0.05) is 17.1 Å². The van der Waals surface area contributed by atoms with Crippen molar-refractivity contribution in [1.82, 2.24) is 0 Å². The summed E-state index contributed by atoms with van der Waals surface area (Å²) in [6, 6.07) is 10.4. The maximum absolute atomic E-state index is 4.38. The van der Waals surface area contributed by atoms with Crippen molar-refractivity contribution in [2.45, 2.75) is 61.8 Å². The van der Waals surface area contributed by atoms with Crippen molar-refractivity contribution in [3.05, 3.63) is 90.3 Å². The fourth-order valence-corrected chi connectivity index (χ4v) is 2.93. The first kappa shape index (κ1) is 23.8. The minimum Gasteiger partial charge on any atom is -0.311 e. The summed E-state index contributed by atoms with van der Waals surface area (Å²) in [6.07, 6.45) is 14.1. The first-order chi connectivity index (χ1) is 13.0. The number of allylic oxidation sites excluding steroid dienone is 7. The molecule has 0 amide bonds. The topological polar surface area (TPSA) is 3.24 Å². The second-order valence-corrected chi connectivity index (χ2v) is 9.37. The zero-order valence-electron chi connectivity index (χ0n) is 19.2. The van der Waals surface area contributed by atoms with E-state index in [1.165, 1.54) is 5.57 Å². The molecule has 0 unspecified atom stereocenters. The van der Waals surface area contributed by atoms with Crippen LogP contribution in [0.2, 0.25) is 0 Å². The summed E-state index contributed by atoms with van der Waals surface area (Å²) in [4.78, 5) is 2.21. The fraction of sp³-hybridized carbons (Fsp3) is 0.407. The van der Waals surface area contributed by atoms with Crippen LogP contribution in [0.25, 0.3) is 0 Å². The van der Waals surface area contributed by atoms with Gasteiger partial charge in [-0.3, -0.25) is 0 Å². The van der Waals surface area contributed by atoms with E-state index in [9.17, 15) is 0 Å². The predicted molar refractivity (Wildman–Crippen MR) is 127 cm³/mol. The van der Waals surface area contributed by atoms with Crippen molar-refractivity contribution in [3.8, 4) is 0 Å². The van der Waals surface area contributed by atoms with Gasteiger partial charge in [0.2, 0.25) is 0 Å². The third kappa shape index (κ3) is 7.76. The Bertz CT molecular complexity index is 744. The lowest BCUT2D eigenvalue weighted by Crippen LogP contribution is -2.19. The van der Waals surface area contributed by atoms with Crippen LogP contribution >= 0.6 is 0 Å². The molecule has 0 heterocycles. The number of hydrogen-bond acceptors (Lipinski definition) is 1. The highest BCUT2D eigenvalue weighted by atomic mass is 15.1. The van der Waals surface area contributed by atoms with Gasteiger partial charge in [0.1, 0.15) is 0 Å². The molecule has 0 N–H and O–H groups in total. The zero-order chi connectivity index (χ0) is 21.4. The van der Waals surface area contributed by atoms with Gasteiger partial charge in [-0.25, -0.2) is 0 Å². The van der Waals surface area contributed by atoms with E-state index in [2.05, 4.69) is 128 Å². The molecule has 1 nitrogen and oxygen atoms in total. The summed E-state index contributed by atoms with van der Waals surface area (Å²) in [6.45, 7) is 22.0. The molecule has 28 heavy (non-hydrogen) atoms. The fourth-order valence-electron chi connectivity index (χ4n) is 2.93. The molecule has 0 aliphatic carbocycles. The van der Waals surface area contributed by atoms with E-state index < -0.39 is 0 Å². The van der Waals surface area contributed by atoms with Gasteiger partial charge in [-0.2, -0.15) is 0 Å². The zero-order valence-corrected chi connectivity index (χ0v) is 19.2. The Morgan fingerprint density at radius 2 is 1.50 bits per heavy atom. The van der Waals surface area contributed by atoms with Crippen molar-refractivity contribution in [3.63, 3.8) is 0 Å². The molecule has 0 fully saturated rings. The third-order valence-electron chi connectivity index (χ3n) is 4.51. The molecule has 0 atom stereocenters. The van der Waals surface area contributed by atoms with E-state index in [1.807, 2.05) is 6.07 Å². The quantitative estimate of drug-likeness (QED) is 0.431. The average Bonchev–Trinajstić information content (AvgIpc) is 2.60. The summed E-state index contributed by atoms with van der Waals surface area (Å²) in [5, 5.41) is 0. The molecule has 0 saturated heterocycles. The van der Waals surface area contributed by atoms with Crippen LogP contribution in [0.5, 0.6) is 0 Å². The molecule has 1 aromatic carbocycles. The Kier molecular flexibility index (Phi) is 8.75. The number of benzene rings is 1. The van der Waals surface area contributed by atoms with Crippen LogP contribution < -0.4 is 4.90 Å². The number of para-hydroxylation sites is 1. The third-order valence-corrected chi connectivity index (χ3v) is 4.51. The van der Waals surface area contributed by atoms with Gasteiger partial charge in [-0.05, 0) is 61.0 Å². The molecule has 0 radical (unpaired) electrons. The summed E-state index contributed by atoms with van der Waals surface area (Å²) in [5.41, 5.74) is 4.87. The van der Waals surface area contributed by atoms with Gasteiger partial charge in [0.25, 0.3) is 0 Å². The molecular weight excluding hydrogens is 338 g/mol.